The average molecular weight is 299 g/mol. The molecule has 0 spiro atoms. The van der Waals surface area contributed by atoms with E-state index in [4.69, 9.17) is 0 Å². The zero-order valence-corrected chi connectivity index (χ0v) is 12.9. The van der Waals surface area contributed by atoms with Crippen molar-refractivity contribution in [2.45, 2.75) is 63.5 Å². The molecule has 1 saturated carbocycles. The van der Waals surface area contributed by atoms with Gasteiger partial charge in [-0.3, -0.25) is 4.79 Å². The van der Waals surface area contributed by atoms with E-state index in [1.165, 1.54) is 6.42 Å². The highest BCUT2D eigenvalue weighted by molar-refractivity contribution is 7.91. The Morgan fingerprint density at radius 2 is 1.85 bits per heavy atom. The van der Waals surface area contributed by atoms with Crippen LogP contribution in [0.25, 0.3) is 0 Å². The second-order valence-corrected chi connectivity index (χ2v) is 8.21. The van der Waals surface area contributed by atoms with Crippen molar-refractivity contribution >= 4 is 15.7 Å². The Kier molecular flexibility index (Phi) is 5.24. The Morgan fingerprint density at radius 1 is 1.15 bits per heavy atom. The molecule has 1 heterocycles. The van der Waals surface area contributed by atoms with Crippen LogP contribution in [0.3, 0.4) is 0 Å². The van der Waals surface area contributed by atoms with E-state index in [1.807, 2.05) is 4.90 Å². The van der Waals surface area contributed by atoms with Gasteiger partial charge in [0.15, 0.2) is 9.84 Å². The molecule has 2 aliphatic rings. The van der Waals surface area contributed by atoms with Crippen molar-refractivity contribution in [3.05, 3.63) is 12.7 Å². The third-order valence-corrected chi connectivity index (χ3v) is 6.17. The molecule has 2 fully saturated rings. The fraction of sp³-hybridized carbons (Fsp3) is 0.800. The number of rotatable bonds is 5. The molecular formula is C15H25NO3S. The molecule has 0 aromatic carbocycles. The van der Waals surface area contributed by atoms with Crippen molar-refractivity contribution in [3.8, 4) is 0 Å². The first-order chi connectivity index (χ1) is 9.53. The first-order valence-electron chi connectivity index (χ1n) is 7.66. The number of sulfone groups is 1. The van der Waals surface area contributed by atoms with Gasteiger partial charge in [-0.2, -0.15) is 0 Å². The van der Waals surface area contributed by atoms with Crippen LogP contribution in [0.2, 0.25) is 0 Å². The Bertz CT molecular complexity index is 452. The van der Waals surface area contributed by atoms with E-state index in [2.05, 4.69) is 6.58 Å². The highest BCUT2D eigenvalue weighted by Crippen LogP contribution is 2.29. The summed E-state index contributed by atoms with van der Waals surface area (Å²) in [5.41, 5.74) is 0. The van der Waals surface area contributed by atoms with Crippen LogP contribution in [0.1, 0.15) is 51.4 Å². The lowest BCUT2D eigenvalue weighted by Gasteiger charge is -2.38. The molecule has 2 rings (SSSR count). The van der Waals surface area contributed by atoms with E-state index in [9.17, 15) is 13.2 Å². The number of nitrogens with zero attached hydrogens (tertiary/aromatic N) is 1. The summed E-state index contributed by atoms with van der Waals surface area (Å²) in [4.78, 5) is 14.4. The SMILES string of the molecule is C=CCCC(=O)N(C1CCCCC1)[C@@H]1CCS(=O)(=O)C1. The van der Waals surface area contributed by atoms with Gasteiger partial charge in [0, 0.05) is 18.5 Å². The molecule has 114 valence electrons. The number of amides is 1. The van der Waals surface area contributed by atoms with Gasteiger partial charge in [-0.15, -0.1) is 6.58 Å². The lowest BCUT2D eigenvalue weighted by molar-refractivity contribution is -0.136. The highest BCUT2D eigenvalue weighted by Gasteiger charge is 2.38. The lowest BCUT2D eigenvalue weighted by Crippen LogP contribution is -2.48. The van der Waals surface area contributed by atoms with Crippen LogP contribution in [-0.2, 0) is 14.6 Å². The zero-order valence-electron chi connectivity index (χ0n) is 12.1. The Balaban J connectivity index is 2.10. The van der Waals surface area contributed by atoms with Gasteiger partial charge in [0.05, 0.1) is 11.5 Å². The van der Waals surface area contributed by atoms with E-state index < -0.39 is 9.84 Å². The normalized spacial score (nSPS) is 26.3. The Labute approximate surface area is 122 Å². The molecule has 4 nitrogen and oxygen atoms in total. The van der Waals surface area contributed by atoms with E-state index >= 15 is 0 Å². The maximum Gasteiger partial charge on any atom is 0.223 e. The Morgan fingerprint density at radius 3 is 2.40 bits per heavy atom. The molecule has 1 aliphatic carbocycles. The number of carbonyl (C=O) groups excluding carboxylic acids is 1. The van der Waals surface area contributed by atoms with Gasteiger partial charge in [-0.1, -0.05) is 25.3 Å². The summed E-state index contributed by atoms with van der Waals surface area (Å²) in [7, 11) is -2.95. The molecule has 0 radical (unpaired) electrons. The fourth-order valence-electron chi connectivity index (χ4n) is 3.41. The Hall–Kier alpha value is -0.840. The van der Waals surface area contributed by atoms with E-state index in [0.717, 1.165) is 25.7 Å². The number of hydrogen-bond acceptors (Lipinski definition) is 3. The maximum absolute atomic E-state index is 12.5. The highest BCUT2D eigenvalue weighted by atomic mass is 32.2. The largest absolute Gasteiger partial charge is 0.336 e. The van der Waals surface area contributed by atoms with Gasteiger partial charge < -0.3 is 4.90 Å². The first-order valence-corrected chi connectivity index (χ1v) is 9.48. The molecule has 1 atom stereocenters. The van der Waals surface area contributed by atoms with Crippen LogP contribution in [0.5, 0.6) is 0 Å². The number of allylic oxidation sites excluding steroid dienone is 1. The van der Waals surface area contributed by atoms with E-state index in [-0.39, 0.29) is 29.5 Å². The fourth-order valence-corrected chi connectivity index (χ4v) is 5.13. The van der Waals surface area contributed by atoms with Crippen molar-refractivity contribution in [1.82, 2.24) is 4.90 Å². The monoisotopic (exact) mass is 299 g/mol. The molecule has 1 saturated heterocycles. The second kappa shape index (κ2) is 6.74. The summed E-state index contributed by atoms with van der Waals surface area (Å²) < 4.78 is 23.4. The second-order valence-electron chi connectivity index (χ2n) is 5.98. The quantitative estimate of drug-likeness (QED) is 0.732. The van der Waals surface area contributed by atoms with Gasteiger partial charge in [-0.25, -0.2) is 8.42 Å². The maximum atomic E-state index is 12.5. The molecule has 0 bridgehead atoms. The average Bonchev–Trinajstić information content (AvgIpc) is 2.78. The molecule has 0 N–H and O–H groups in total. The van der Waals surface area contributed by atoms with Crippen molar-refractivity contribution in [2.75, 3.05) is 11.5 Å². The molecule has 5 heteroatoms. The summed E-state index contributed by atoms with van der Waals surface area (Å²) in [5.74, 6) is 0.498. The molecule has 0 aromatic rings. The predicted octanol–water partition coefficient (Wildman–Crippen LogP) is 2.30. The van der Waals surface area contributed by atoms with Crippen molar-refractivity contribution in [1.29, 1.82) is 0 Å². The molecule has 1 aliphatic heterocycles. The third-order valence-electron chi connectivity index (χ3n) is 4.42. The summed E-state index contributed by atoms with van der Waals surface area (Å²) in [5, 5.41) is 0. The minimum Gasteiger partial charge on any atom is -0.336 e. The minimum atomic E-state index is -2.95. The van der Waals surface area contributed by atoms with Crippen LogP contribution in [0.4, 0.5) is 0 Å². The molecule has 0 aromatic heterocycles. The zero-order chi connectivity index (χ0) is 14.6. The topological polar surface area (TPSA) is 54.5 Å². The first kappa shape index (κ1) is 15.5. The van der Waals surface area contributed by atoms with Crippen LogP contribution in [-0.4, -0.2) is 42.8 Å². The van der Waals surface area contributed by atoms with Crippen LogP contribution in [0.15, 0.2) is 12.7 Å². The number of hydrogen-bond donors (Lipinski definition) is 0. The summed E-state index contributed by atoms with van der Waals surface area (Å²) in [6, 6.07) is 0.153. The summed E-state index contributed by atoms with van der Waals surface area (Å²) in [6.45, 7) is 3.66. The summed E-state index contributed by atoms with van der Waals surface area (Å²) >= 11 is 0. The van der Waals surface area contributed by atoms with E-state index in [0.29, 0.717) is 19.3 Å². The van der Waals surface area contributed by atoms with Crippen LogP contribution >= 0.6 is 0 Å². The molecule has 20 heavy (non-hydrogen) atoms. The molecule has 1 amide bonds. The van der Waals surface area contributed by atoms with Gasteiger partial charge in [-0.05, 0) is 25.7 Å². The van der Waals surface area contributed by atoms with Crippen molar-refractivity contribution < 1.29 is 13.2 Å². The smallest absolute Gasteiger partial charge is 0.223 e. The van der Waals surface area contributed by atoms with Gasteiger partial charge in [0.25, 0.3) is 0 Å². The number of carbonyl (C=O) groups is 1. The summed E-state index contributed by atoms with van der Waals surface area (Å²) in [6.07, 6.45) is 9.06. The lowest BCUT2D eigenvalue weighted by atomic mass is 9.92. The van der Waals surface area contributed by atoms with Crippen LogP contribution in [0, 0.1) is 0 Å². The van der Waals surface area contributed by atoms with Gasteiger partial charge in [0.1, 0.15) is 0 Å². The standard InChI is InChI=1S/C15H25NO3S/c1-2-3-9-15(17)16(13-7-5-4-6-8-13)14-10-11-20(18,19)12-14/h2,13-14H,1,3-12H2/t14-/m1/s1. The van der Waals surface area contributed by atoms with Crippen molar-refractivity contribution in [2.24, 2.45) is 0 Å². The van der Waals surface area contributed by atoms with Crippen LogP contribution < -0.4 is 0 Å². The molecule has 0 unspecified atom stereocenters. The van der Waals surface area contributed by atoms with E-state index in [1.54, 1.807) is 6.08 Å². The third kappa shape index (κ3) is 3.84. The minimum absolute atomic E-state index is 0.0968. The molecular weight excluding hydrogens is 274 g/mol. The predicted molar refractivity (Wildman–Crippen MR) is 80.2 cm³/mol. The van der Waals surface area contributed by atoms with Gasteiger partial charge >= 0.3 is 0 Å². The van der Waals surface area contributed by atoms with Crippen molar-refractivity contribution in [3.63, 3.8) is 0 Å². The van der Waals surface area contributed by atoms with Gasteiger partial charge in [0.2, 0.25) is 5.91 Å².